The third kappa shape index (κ3) is 10.6. The van der Waals surface area contributed by atoms with E-state index in [-0.39, 0.29) is 11.9 Å². The maximum atomic E-state index is 14.9. The van der Waals surface area contributed by atoms with E-state index in [0.29, 0.717) is 5.92 Å². The predicted molar refractivity (Wildman–Crippen MR) is 162 cm³/mol. The topological polar surface area (TPSA) is 9.23 Å². The molecule has 0 spiro atoms. The molecule has 38 heavy (non-hydrogen) atoms. The first-order chi connectivity index (χ1) is 18.5. The monoisotopic (exact) mass is 548 g/mol. The first-order valence-corrected chi connectivity index (χ1v) is 19.0. The highest BCUT2D eigenvalue weighted by atomic mass is 28.3. The first-order valence-electron chi connectivity index (χ1n) is 16.7. The molecule has 1 heterocycles. The fourth-order valence-electron chi connectivity index (χ4n) is 7.31. The number of hydrogen-bond donors (Lipinski definition) is 0. The summed E-state index contributed by atoms with van der Waals surface area (Å²) in [6.45, 7) is 6.43. The molecule has 0 aromatic heterocycles. The van der Waals surface area contributed by atoms with Crippen molar-refractivity contribution in [1.29, 1.82) is 0 Å². The minimum absolute atomic E-state index is 0.159. The Labute approximate surface area is 235 Å². The average molecular weight is 549 g/mol. The normalized spacial score (nSPS) is 24.9. The van der Waals surface area contributed by atoms with E-state index in [1.807, 2.05) is 6.92 Å². The molecule has 1 unspecified atom stereocenters. The third-order valence-electron chi connectivity index (χ3n) is 9.82. The molecule has 1 nitrogen and oxygen atoms in total. The lowest BCUT2D eigenvalue weighted by Gasteiger charge is -2.37. The van der Waals surface area contributed by atoms with Gasteiger partial charge in [0.15, 0.2) is 17.4 Å². The summed E-state index contributed by atoms with van der Waals surface area (Å²) in [5, 5.41) is 0. The van der Waals surface area contributed by atoms with Gasteiger partial charge in [0.05, 0.1) is 6.10 Å². The Morgan fingerprint density at radius 1 is 0.763 bits per heavy atom. The highest BCUT2D eigenvalue weighted by molar-refractivity contribution is 6.60. The Hall–Kier alpha value is -0.903. The van der Waals surface area contributed by atoms with Gasteiger partial charge in [-0.15, -0.1) is 0 Å². The van der Waals surface area contributed by atoms with Crippen LogP contribution in [0, 0.1) is 17.6 Å². The van der Waals surface area contributed by atoms with Crippen molar-refractivity contribution >= 4 is 8.80 Å². The molecule has 1 atom stereocenters. The summed E-state index contributed by atoms with van der Waals surface area (Å²) < 4.78 is 35.6. The molecule has 0 radical (unpaired) electrons. The van der Waals surface area contributed by atoms with Crippen molar-refractivity contribution in [1.82, 2.24) is 0 Å². The van der Waals surface area contributed by atoms with Gasteiger partial charge >= 0.3 is 0 Å². The van der Waals surface area contributed by atoms with Crippen molar-refractivity contribution in [2.75, 3.05) is 0 Å². The number of unbranched alkanes of at least 4 members (excludes halogenated alkanes) is 9. The first kappa shape index (κ1) is 31.6. The minimum atomic E-state index is -0.729. The molecule has 2 fully saturated rings. The summed E-state index contributed by atoms with van der Waals surface area (Å²) >= 11 is 0. The zero-order chi connectivity index (χ0) is 27.2. The maximum absolute atomic E-state index is 14.9. The van der Waals surface area contributed by atoms with Crippen molar-refractivity contribution in [2.45, 2.75) is 172 Å². The lowest BCUT2D eigenvalue weighted by Crippen LogP contribution is -2.29. The molecule has 1 saturated heterocycles. The molecular formula is C34H58F2OSi. The Balaban J connectivity index is 1.37. The minimum Gasteiger partial charge on any atom is -0.485 e. The predicted octanol–water partition coefficient (Wildman–Crippen LogP) is 11.5. The molecule has 4 heteroatoms. The highest BCUT2D eigenvalue weighted by Gasteiger charge is 2.32. The van der Waals surface area contributed by atoms with Crippen LogP contribution >= 0.6 is 0 Å². The van der Waals surface area contributed by atoms with Crippen LogP contribution in [0.15, 0.2) is 12.1 Å². The van der Waals surface area contributed by atoms with Gasteiger partial charge in [0.1, 0.15) is 0 Å². The highest BCUT2D eigenvalue weighted by Crippen LogP contribution is 2.44. The molecule has 1 aliphatic heterocycles. The molecule has 1 aromatic rings. The van der Waals surface area contributed by atoms with Gasteiger partial charge in [-0.1, -0.05) is 122 Å². The smallest absolute Gasteiger partial charge is 0.191 e. The van der Waals surface area contributed by atoms with Crippen LogP contribution in [0.5, 0.6) is 5.75 Å². The van der Waals surface area contributed by atoms with E-state index in [4.69, 9.17) is 4.74 Å². The van der Waals surface area contributed by atoms with Gasteiger partial charge in [-0.2, -0.15) is 0 Å². The Bertz CT molecular complexity index is 745. The second-order valence-corrected chi connectivity index (χ2v) is 16.5. The summed E-state index contributed by atoms with van der Waals surface area (Å²) in [4.78, 5) is 0. The lowest BCUT2D eigenvalue weighted by molar-refractivity contribution is 0.188. The van der Waals surface area contributed by atoms with E-state index in [0.717, 1.165) is 49.1 Å². The van der Waals surface area contributed by atoms with Crippen molar-refractivity contribution in [3.05, 3.63) is 29.3 Å². The molecular weight excluding hydrogens is 490 g/mol. The average Bonchev–Trinajstić information content (AvgIpc) is 2.93. The van der Waals surface area contributed by atoms with E-state index < -0.39 is 20.4 Å². The lowest BCUT2D eigenvalue weighted by atomic mass is 9.85. The number of hydrogen-bond acceptors (Lipinski definition) is 1. The number of benzene rings is 1. The van der Waals surface area contributed by atoms with E-state index >= 15 is 0 Å². The van der Waals surface area contributed by atoms with Crippen molar-refractivity contribution in [3.63, 3.8) is 0 Å². The van der Waals surface area contributed by atoms with E-state index in [2.05, 4.69) is 13.8 Å². The Morgan fingerprint density at radius 2 is 1.32 bits per heavy atom. The SMILES string of the molecule is CCCCCCCCC1CCC([SiH]2CCC(c3cc(F)c(OC(C)CCCCCCC)c(F)c3)CC2)CC1. The molecule has 0 bridgehead atoms. The Kier molecular flexibility index (Phi) is 14.7. The third-order valence-corrected chi connectivity index (χ3v) is 14.0. The summed E-state index contributed by atoms with van der Waals surface area (Å²) in [7, 11) is -0.729. The van der Waals surface area contributed by atoms with Gasteiger partial charge in [0, 0.05) is 8.80 Å². The van der Waals surface area contributed by atoms with Crippen LogP contribution in [0.1, 0.15) is 154 Å². The number of rotatable bonds is 17. The number of halogens is 2. The molecule has 218 valence electrons. The molecule has 2 aliphatic rings. The molecule has 0 amide bonds. The van der Waals surface area contributed by atoms with Crippen LogP contribution < -0.4 is 4.74 Å². The van der Waals surface area contributed by atoms with Crippen LogP contribution in [-0.2, 0) is 0 Å². The fraction of sp³-hybridized carbons (Fsp3) is 0.824. The van der Waals surface area contributed by atoms with Crippen molar-refractivity contribution < 1.29 is 13.5 Å². The van der Waals surface area contributed by atoms with E-state index in [9.17, 15) is 8.78 Å². The fourth-order valence-corrected chi connectivity index (χ4v) is 11.5. The van der Waals surface area contributed by atoms with Crippen LogP contribution in [0.2, 0.25) is 17.6 Å². The zero-order valence-corrected chi connectivity index (χ0v) is 26.2. The molecule has 1 aromatic carbocycles. The second-order valence-electron chi connectivity index (χ2n) is 12.9. The molecule has 3 rings (SSSR count). The summed E-state index contributed by atoms with van der Waals surface area (Å²) in [5.41, 5.74) is 1.87. The van der Waals surface area contributed by atoms with Gasteiger partial charge < -0.3 is 4.74 Å². The summed E-state index contributed by atoms with van der Waals surface area (Å²) in [5.74, 6) is 0.104. The van der Waals surface area contributed by atoms with Gasteiger partial charge in [-0.25, -0.2) is 8.78 Å². The van der Waals surface area contributed by atoms with Crippen LogP contribution in [0.3, 0.4) is 0 Å². The molecule has 1 saturated carbocycles. The van der Waals surface area contributed by atoms with Crippen LogP contribution in [0.25, 0.3) is 0 Å². The quantitative estimate of drug-likeness (QED) is 0.139. The van der Waals surface area contributed by atoms with Gasteiger partial charge in [0.25, 0.3) is 0 Å². The zero-order valence-electron chi connectivity index (χ0n) is 25.1. The Morgan fingerprint density at radius 3 is 1.92 bits per heavy atom. The molecule has 1 aliphatic carbocycles. The van der Waals surface area contributed by atoms with Gasteiger partial charge in [-0.05, 0) is 67.7 Å². The van der Waals surface area contributed by atoms with Crippen LogP contribution in [0.4, 0.5) is 8.78 Å². The van der Waals surface area contributed by atoms with Crippen molar-refractivity contribution in [3.8, 4) is 5.75 Å². The van der Waals surface area contributed by atoms with E-state index in [1.54, 1.807) is 12.1 Å². The van der Waals surface area contributed by atoms with Crippen molar-refractivity contribution in [2.24, 2.45) is 5.92 Å². The van der Waals surface area contributed by atoms with E-state index in [1.165, 1.54) is 102 Å². The maximum Gasteiger partial charge on any atom is 0.191 e. The molecule has 0 N–H and O–H groups in total. The van der Waals surface area contributed by atoms with Crippen LogP contribution in [-0.4, -0.2) is 14.9 Å². The second kappa shape index (κ2) is 17.7. The standard InChI is InChI=1S/C34H58F2OSi/c1-4-6-8-10-12-14-16-28-17-19-31(20-18-28)38-23-21-29(22-24-38)30-25-32(35)34(33(36)26-30)37-27(3)15-13-11-9-7-5-2/h25-29,31,38H,4-24H2,1-3H3. The number of ether oxygens (including phenoxy) is 1. The largest absolute Gasteiger partial charge is 0.485 e. The van der Waals surface area contributed by atoms with Gasteiger partial charge in [0.2, 0.25) is 0 Å². The van der Waals surface area contributed by atoms with Gasteiger partial charge in [-0.3, -0.25) is 0 Å². The summed E-state index contributed by atoms with van der Waals surface area (Å²) in [6, 6.07) is 5.86. The summed E-state index contributed by atoms with van der Waals surface area (Å²) in [6.07, 6.45) is 24.6.